The lowest BCUT2D eigenvalue weighted by molar-refractivity contribution is -0.161. The summed E-state index contributed by atoms with van der Waals surface area (Å²) in [7, 11) is 0. The Kier molecular flexibility index (Phi) is 5.18. The number of nitrogens with zero attached hydrogens (tertiary/aromatic N) is 1. The van der Waals surface area contributed by atoms with Crippen molar-refractivity contribution in [2.24, 2.45) is 0 Å². The van der Waals surface area contributed by atoms with Crippen LogP contribution in [0.4, 0.5) is 13.2 Å². The molecule has 1 N–H and O–H groups in total. The quantitative estimate of drug-likeness (QED) is 0.915. The second kappa shape index (κ2) is 6.91. The number of benzene rings is 1. The molecule has 0 spiro atoms. The minimum atomic E-state index is -4.50. The maximum Gasteiger partial charge on any atom is 0.408 e. The fourth-order valence-corrected chi connectivity index (χ4v) is 2.61. The second-order valence-electron chi connectivity index (χ2n) is 4.89. The van der Waals surface area contributed by atoms with E-state index in [-0.39, 0.29) is 12.8 Å². The van der Waals surface area contributed by atoms with Crippen LogP contribution in [0.3, 0.4) is 0 Å². The molecule has 2 aromatic rings. The maximum atomic E-state index is 13.1. The normalized spacial score (nSPS) is 12.9. The van der Waals surface area contributed by atoms with Gasteiger partial charge in [-0.1, -0.05) is 30.3 Å². The Morgan fingerprint density at radius 2 is 2.00 bits per heavy atom. The molecule has 22 heavy (non-hydrogen) atoms. The average Bonchev–Trinajstić information content (AvgIpc) is 2.83. The highest BCUT2D eigenvalue weighted by Gasteiger charge is 2.40. The number of halogens is 3. The van der Waals surface area contributed by atoms with Gasteiger partial charge in [-0.3, -0.25) is 4.79 Å². The number of aryl methyl sites for hydroxylation is 1. The Bertz CT molecular complexity index is 625. The van der Waals surface area contributed by atoms with Crippen LogP contribution in [0, 0.1) is 6.92 Å². The van der Waals surface area contributed by atoms with Crippen LogP contribution in [-0.2, 0) is 17.6 Å². The predicted molar refractivity (Wildman–Crippen MR) is 78.7 cm³/mol. The van der Waals surface area contributed by atoms with E-state index in [9.17, 15) is 18.0 Å². The summed E-state index contributed by atoms with van der Waals surface area (Å²) in [5.41, 5.74) is 1.01. The smallest absolute Gasteiger partial charge is 0.344 e. The fraction of sp³-hybridized carbons (Fsp3) is 0.333. The molecule has 1 unspecified atom stereocenters. The lowest BCUT2D eigenvalue weighted by atomic mass is 10.1. The van der Waals surface area contributed by atoms with Gasteiger partial charge in [0.2, 0.25) is 5.91 Å². The first-order valence-electron chi connectivity index (χ1n) is 6.65. The van der Waals surface area contributed by atoms with Gasteiger partial charge in [-0.15, -0.1) is 11.3 Å². The summed E-state index contributed by atoms with van der Waals surface area (Å²) < 4.78 is 39.2. The number of carbonyl (C=O) groups is 1. The average molecular weight is 328 g/mol. The van der Waals surface area contributed by atoms with Crippen LogP contribution in [-0.4, -0.2) is 23.1 Å². The highest BCUT2D eigenvalue weighted by molar-refractivity contribution is 7.09. The number of hydrogen-bond acceptors (Lipinski definition) is 3. The van der Waals surface area contributed by atoms with Crippen LogP contribution >= 0.6 is 11.3 Å². The van der Waals surface area contributed by atoms with Gasteiger partial charge in [0.05, 0.1) is 17.1 Å². The van der Waals surface area contributed by atoms with Gasteiger partial charge in [-0.05, 0) is 12.5 Å². The summed E-state index contributed by atoms with van der Waals surface area (Å²) in [5.74, 6) is -0.677. The minimum Gasteiger partial charge on any atom is -0.344 e. The van der Waals surface area contributed by atoms with E-state index in [1.54, 1.807) is 42.6 Å². The molecule has 0 aliphatic carbocycles. The zero-order valence-electron chi connectivity index (χ0n) is 11.9. The summed E-state index contributed by atoms with van der Waals surface area (Å²) in [6, 6.07) is 6.38. The largest absolute Gasteiger partial charge is 0.408 e. The van der Waals surface area contributed by atoms with Gasteiger partial charge in [-0.2, -0.15) is 13.2 Å². The number of aromatic nitrogens is 1. The molecule has 118 valence electrons. The van der Waals surface area contributed by atoms with E-state index in [0.717, 1.165) is 5.01 Å². The highest BCUT2D eigenvalue weighted by Crippen LogP contribution is 2.23. The number of hydrogen-bond donors (Lipinski definition) is 1. The Labute approximate surface area is 130 Å². The Hall–Kier alpha value is -1.89. The summed E-state index contributed by atoms with van der Waals surface area (Å²) in [4.78, 5) is 15.9. The molecule has 0 fully saturated rings. The molecule has 1 heterocycles. The number of amides is 1. The summed E-state index contributed by atoms with van der Waals surface area (Å²) in [5, 5.41) is 4.52. The van der Waals surface area contributed by atoms with Gasteiger partial charge in [0, 0.05) is 11.8 Å². The molecule has 0 aliphatic heterocycles. The van der Waals surface area contributed by atoms with E-state index in [0.29, 0.717) is 11.3 Å². The van der Waals surface area contributed by atoms with Crippen molar-refractivity contribution >= 4 is 17.2 Å². The van der Waals surface area contributed by atoms with E-state index in [1.165, 1.54) is 11.3 Å². The standard InChI is InChI=1S/C15H15F3N2OS/c1-10-19-12(9-22-10)8-14(21)20-13(15(16,17)18)7-11-5-3-2-4-6-11/h2-6,9,13H,7-8H2,1H3,(H,20,21). The van der Waals surface area contributed by atoms with Crippen LogP contribution < -0.4 is 5.32 Å². The van der Waals surface area contributed by atoms with Crippen LogP contribution in [0.15, 0.2) is 35.7 Å². The maximum absolute atomic E-state index is 13.1. The molecule has 1 atom stereocenters. The first-order chi connectivity index (χ1) is 10.3. The van der Waals surface area contributed by atoms with Crippen molar-refractivity contribution in [3.8, 4) is 0 Å². The van der Waals surface area contributed by atoms with Gasteiger partial charge in [0.1, 0.15) is 6.04 Å². The van der Waals surface area contributed by atoms with Crippen LogP contribution in [0.1, 0.15) is 16.3 Å². The molecule has 0 saturated carbocycles. The fourth-order valence-electron chi connectivity index (χ4n) is 2.00. The molecular formula is C15H15F3N2OS. The van der Waals surface area contributed by atoms with Gasteiger partial charge in [0.25, 0.3) is 0 Å². The number of alkyl halides is 3. The number of carbonyl (C=O) groups excluding carboxylic acids is 1. The third kappa shape index (κ3) is 4.84. The molecule has 0 radical (unpaired) electrons. The number of nitrogens with one attached hydrogen (secondary N) is 1. The molecule has 2 rings (SSSR count). The molecule has 0 saturated heterocycles. The Morgan fingerprint density at radius 1 is 1.32 bits per heavy atom. The van der Waals surface area contributed by atoms with E-state index >= 15 is 0 Å². The molecule has 0 bridgehead atoms. The molecule has 7 heteroatoms. The van der Waals surface area contributed by atoms with E-state index in [2.05, 4.69) is 10.3 Å². The Morgan fingerprint density at radius 3 is 2.55 bits per heavy atom. The highest BCUT2D eigenvalue weighted by atomic mass is 32.1. The van der Waals surface area contributed by atoms with Gasteiger partial charge < -0.3 is 5.32 Å². The molecule has 1 aromatic heterocycles. The lowest BCUT2D eigenvalue weighted by Crippen LogP contribution is -2.47. The van der Waals surface area contributed by atoms with Gasteiger partial charge in [-0.25, -0.2) is 4.98 Å². The number of rotatable bonds is 5. The zero-order valence-corrected chi connectivity index (χ0v) is 12.7. The van der Waals surface area contributed by atoms with Gasteiger partial charge in [0.15, 0.2) is 0 Å². The van der Waals surface area contributed by atoms with Crippen molar-refractivity contribution in [2.45, 2.75) is 32.0 Å². The topological polar surface area (TPSA) is 42.0 Å². The predicted octanol–water partition coefficient (Wildman–Crippen LogP) is 3.28. The summed E-state index contributed by atoms with van der Waals surface area (Å²) in [6.07, 6.45) is -4.93. The Balaban J connectivity index is 2.02. The van der Waals surface area contributed by atoms with E-state index in [1.807, 2.05) is 0 Å². The van der Waals surface area contributed by atoms with Crippen LogP contribution in [0.2, 0.25) is 0 Å². The van der Waals surface area contributed by atoms with Crippen molar-refractivity contribution < 1.29 is 18.0 Å². The monoisotopic (exact) mass is 328 g/mol. The molecular weight excluding hydrogens is 313 g/mol. The molecule has 0 aliphatic rings. The van der Waals surface area contributed by atoms with E-state index in [4.69, 9.17) is 0 Å². The molecule has 1 amide bonds. The first-order valence-corrected chi connectivity index (χ1v) is 7.53. The molecule has 1 aromatic carbocycles. The SMILES string of the molecule is Cc1nc(CC(=O)NC(Cc2ccccc2)C(F)(F)F)cs1. The van der Waals surface area contributed by atoms with Gasteiger partial charge >= 0.3 is 6.18 Å². The second-order valence-corrected chi connectivity index (χ2v) is 5.95. The minimum absolute atomic E-state index is 0.147. The van der Waals surface area contributed by atoms with Crippen molar-refractivity contribution in [2.75, 3.05) is 0 Å². The van der Waals surface area contributed by atoms with E-state index < -0.39 is 18.1 Å². The third-order valence-corrected chi connectivity index (χ3v) is 3.84. The van der Waals surface area contributed by atoms with Crippen LogP contribution in [0.5, 0.6) is 0 Å². The lowest BCUT2D eigenvalue weighted by Gasteiger charge is -2.21. The first kappa shape index (κ1) is 16.5. The summed E-state index contributed by atoms with van der Waals surface area (Å²) >= 11 is 1.36. The van der Waals surface area contributed by atoms with Crippen molar-refractivity contribution in [1.82, 2.24) is 10.3 Å². The van der Waals surface area contributed by atoms with Crippen LogP contribution in [0.25, 0.3) is 0 Å². The van der Waals surface area contributed by atoms with Crippen molar-refractivity contribution in [3.05, 3.63) is 52.0 Å². The molecule has 3 nitrogen and oxygen atoms in total. The number of thiazole rings is 1. The summed E-state index contributed by atoms with van der Waals surface area (Å²) in [6.45, 7) is 1.78. The van der Waals surface area contributed by atoms with Crippen molar-refractivity contribution in [3.63, 3.8) is 0 Å². The van der Waals surface area contributed by atoms with Crippen molar-refractivity contribution in [1.29, 1.82) is 0 Å². The third-order valence-electron chi connectivity index (χ3n) is 3.02. The zero-order chi connectivity index (χ0) is 16.2.